The Morgan fingerprint density at radius 1 is 1.33 bits per heavy atom. The predicted octanol–water partition coefficient (Wildman–Crippen LogP) is 2.34. The van der Waals surface area contributed by atoms with E-state index in [-0.39, 0.29) is 12.5 Å². The Morgan fingerprint density at radius 2 is 2.00 bits per heavy atom. The first kappa shape index (κ1) is 13.1. The topological polar surface area (TPSA) is 49.3 Å². The lowest BCUT2D eigenvalue weighted by Crippen LogP contribution is -2.49. The number of carbonyl (C=O) groups is 1. The van der Waals surface area contributed by atoms with E-state index in [4.69, 9.17) is 0 Å². The second-order valence-corrected chi connectivity index (χ2v) is 5.42. The zero-order chi connectivity index (χ0) is 13.2. The summed E-state index contributed by atoms with van der Waals surface area (Å²) >= 11 is 0. The van der Waals surface area contributed by atoms with Crippen molar-refractivity contribution in [1.29, 1.82) is 0 Å². The van der Waals surface area contributed by atoms with Crippen molar-refractivity contribution in [3.8, 4) is 0 Å². The lowest BCUT2D eigenvalue weighted by Gasteiger charge is -2.28. The highest BCUT2D eigenvalue weighted by atomic mass is 16.3. The number of carbonyl (C=O) groups excluding carboxylic acids is 1. The van der Waals surface area contributed by atoms with Crippen molar-refractivity contribution in [2.24, 2.45) is 0 Å². The summed E-state index contributed by atoms with van der Waals surface area (Å²) in [4.78, 5) is 12.3. The minimum atomic E-state index is -0.394. The summed E-state index contributed by atoms with van der Waals surface area (Å²) in [7, 11) is 0. The Labute approximate surface area is 108 Å². The normalized spacial score (nSPS) is 17.7. The van der Waals surface area contributed by atoms with Gasteiger partial charge in [-0.2, -0.15) is 0 Å². The second-order valence-electron chi connectivity index (χ2n) is 5.42. The SMILES string of the molecule is Cc1ccc(C(=O)NC2(CO)CCCC2)c(C)c1. The maximum Gasteiger partial charge on any atom is 0.252 e. The van der Waals surface area contributed by atoms with Gasteiger partial charge in [-0.25, -0.2) is 0 Å². The quantitative estimate of drug-likeness (QED) is 0.861. The number of aryl methyl sites for hydroxylation is 2. The Balaban J connectivity index is 2.16. The molecule has 1 aromatic rings. The number of hydrogen-bond acceptors (Lipinski definition) is 2. The molecular formula is C15H21NO2. The van der Waals surface area contributed by atoms with Crippen LogP contribution in [0.5, 0.6) is 0 Å². The van der Waals surface area contributed by atoms with Crippen LogP contribution in [0.2, 0.25) is 0 Å². The van der Waals surface area contributed by atoms with Crippen LogP contribution in [0, 0.1) is 13.8 Å². The van der Waals surface area contributed by atoms with Gasteiger partial charge in [0.05, 0.1) is 12.1 Å². The molecule has 0 spiro atoms. The largest absolute Gasteiger partial charge is 0.394 e. The van der Waals surface area contributed by atoms with Crippen LogP contribution in [0.1, 0.15) is 47.2 Å². The smallest absolute Gasteiger partial charge is 0.252 e. The zero-order valence-electron chi connectivity index (χ0n) is 11.1. The van der Waals surface area contributed by atoms with Gasteiger partial charge in [0.1, 0.15) is 0 Å². The number of rotatable bonds is 3. The molecule has 1 fully saturated rings. The highest BCUT2D eigenvalue weighted by Gasteiger charge is 2.34. The van der Waals surface area contributed by atoms with Gasteiger partial charge in [-0.1, -0.05) is 30.5 Å². The zero-order valence-corrected chi connectivity index (χ0v) is 11.1. The van der Waals surface area contributed by atoms with E-state index in [0.717, 1.165) is 36.8 Å². The molecule has 0 heterocycles. The highest BCUT2D eigenvalue weighted by molar-refractivity contribution is 5.96. The summed E-state index contributed by atoms with van der Waals surface area (Å²) in [6, 6.07) is 5.82. The third kappa shape index (κ3) is 2.56. The predicted molar refractivity (Wildman–Crippen MR) is 71.7 cm³/mol. The van der Waals surface area contributed by atoms with Gasteiger partial charge in [0.2, 0.25) is 0 Å². The summed E-state index contributed by atoms with van der Waals surface area (Å²) in [5.41, 5.74) is 2.45. The van der Waals surface area contributed by atoms with Crippen molar-refractivity contribution in [3.05, 3.63) is 34.9 Å². The first-order chi connectivity index (χ1) is 8.56. The van der Waals surface area contributed by atoms with Gasteiger partial charge in [-0.3, -0.25) is 4.79 Å². The monoisotopic (exact) mass is 247 g/mol. The fraction of sp³-hybridized carbons (Fsp3) is 0.533. The first-order valence-electron chi connectivity index (χ1n) is 6.57. The van der Waals surface area contributed by atoms with Crippen LogP contribution in [0.15, 0.2) is 18.2 Å². The second kappa shape index (κ2) is 5.11. The number of aliphatic hydroxyl groups is 1. The molecule has 0 atom stereocenters. The van der Waals surface area contributed by atoms with E-state index in [1.165, 1.54) is 0 Å². The average molecular weight is 247 g/mol. The molecule has 3 heteroatoms. The van der Waals surface area contributed by atoms with Gasteiger partial charge in [0.15, 0.2) is 0 Å². The van der Waals surface area contributed by atoms with Crippen LogP contribution in [-0.2, 0) is 0 Å². The Kier molecular flexibility index (Phi) is 3.71. The lowest BCUT2D eigenvalue weighted by atomic mass is 9.97. The Hall–Kier alpha value is -1.35. The molecule has 2 N–H and O–H groups in total. The molecule has 0 unspecified atom stereocenters. The minimum Gasteiger partial charge on any atom is -0.394 e. The van der Waals surface area contributed by atoms with Crippen LogP contribution >= 0.6 is 0 Å². The molecule has 18 heavy (non-hydrogen) atoms. The number of amides is 1. The molecule has 1 aromatic carbocycles. The van der Waals surface area contributed by atoms with Crippen LogP contribution in [0.4, 0.5) is 0 Å². The van der Waals surface area contributed by atoms with E-state index in [0.29, 0.717) is 5.56 Å². The highest BCUT2D eigenvalue weighted by Crippen LogP contribution is 2.29. The van der Waals surface area contributed by atoms with Gasteiger partial charge in [-0.15, -0.1) is 0 Å². The lowest BCUT2D eigenvalue weighted by molar-refractivity contribution is 0.0838. The standard InChI is InChI=1S/C15H21NO2/c1-11-5-6-13(12(2)9-11)14(18)16-15(10-17)7-3-4-8-15/h5-6,9,17H,3-4,7-8,10H2,1-2H3,(H,16,18). The molecule has 0 aromatic heterocycles. The van der Waals surface area contributed by atoms with Crippen molar-refractivity contribution < 1.29 is 9.90 Å². The maximum atomic E-state index is 12.3. The van der Waals surface area contributed by atoms with Crippen molar-refractivity contribution in [3.63, 3.8) is 0 Å². The summed E-state index contributed by atoms with van der Waals surface area (Å²) in [5.74, 6) is -0.0662. The molecule has 3 nitrogen and oxygen atoms in total. The molecule has 0 bridgehead atoms. The van der Waals surface area contributed by atoms with Gasteiger partial charge in [0, 0.05) is 5.56 Å². The summed E-state index contributed by atoms with van der Waals surface area (Å²) < 4.78 is 0. The van der Waals surface area contributed by atoms with Crippen LogP contribution < -0.4 is 5.32 Å². The fourth-order valence-corrected chi connectivity index (χ4v) is 2.75. The number of benzene rings is 1. The summed E-state index contributed by atoms with van der Waals surface area (Å²) in [5, 5.41) is 12.5. The molecule has 1 amide bonds. The van der Waals surface area contributed by atoms with Crippen molar-refractivity contribution in [2.75, 3.05) is 6.61 Å². The van der Waals surface area contributed by atoms with Crippen molar-refractivity contribution >= 4 is 5.91 Å². The number of nitrogens with one attached hydrogen (secondary N) is 1. The number of aliphatic hydroxyl groups excluding tert-OH is 1. The molecule has 0 radical (unpaired) electrons. The van der Waals surface area contributed by atoms with Gasteiger partial charge >= 0.3 is 0 Å². The molecule has 0 saturated heterocycles. The molecule has 98 valence electrons. The van der Waals surface area contributed by atoms with E-state index >= 15 is 0 Å². The van der Waals surface area contributed by atoms with E-state index in [1.807, 2.05) is 32.0 Å². The summed E-state index contributed by atoms with van der Waals surface area (Å²) in [6.07, 6.45) is 3.90. The molecule has 1 aliphatic carbocycles. The maximum absolute atomic E-state index is 12.3. The summed E-state index contributed by atoms with van der Waals surface area (Å²) in [6.45, 7) is 3.99. The first-order valence-corrected chi connectivity index (χ1v) is 6.57. The van der Waals surface area contributed by atoms with Crippen LogP contribution in [-0.4, -0.2) is 23.2 Å². The van der Waals surface area contributed by atoms with Crippen LogP contribution in [0.3, 0.4) is 0 Å². The van der Waals surface area contributed by atoms with E-state index in [2.05, 4.69) is 5.32 Å². The molecule has 1 saturated carbocycles. The Morgan fingerprint density at radius 3 is 2.56 bits per heavy atom. The minimum absolute atomic E-state index is 0.0314. The van der Waals surface area contributed by atoms with Crippen molar-refractivity contribution in [2.45, 2.75) is 45.1 Å². The average Bonchev–Trinajstić information content (AvgIpc) is 2.78. The molecule has 0 aliphatic heterocycles. The molecular weight excluding hydrogens is 226 g/mol. The third-order valence-corrected chi connectivity index (χ3v) is 3.87. The third-order valence-electron chi connectivity index (χ3n) is 3.87. The van der Waals surface area contributed by atoms with Gasteiger partial charge in [0.25, 0.3) is 5.91 Å². The fourth-order valence-electron chi connectivity index (χ4n) is 2.75. The van der Waals surface area contributed by atoms with Gasteiger partial charge in [-0.05, 0) is 38.3 Å². The van der Waals surface area contributed by atoms with E-state index in [9.17, 15) is 9.90 Å². The van der Waals surface area contributed by atoms with E-state index < -0.39 is 5.54 Å². The van der Waals surface area contributed by atoms with Crippen LogP contribution in [0.25, 0.3) is 0 Å². The number of hydrogen-bond donors (Lipinski definition) is 2. The van der Waals surface area contributed by atoms with Crippen molar-refractivity contribution in [1.82, 2.24) is 5.32 Å². The molecule has 1 aliphatic rings. The van der Waals surface area contributed by atoms with E-state index in [1.54, 1.807) is 0 Å². The Bertz CT molecular complexity index is 448. The molecule has 2 rings (SSSR count). The van der Waals surface area contributed by atoms with Gasteiger partial charge < -0.3 is 10.4 Å².